The first-order valence-corrected chi connectivity index (χ1v) is 5.57. The summed E-state index contributed by atoms with van der Waals surface area (Å²) in [7, 11) is 0. The van der Waals surface area contributed by atoms with Gasteiger partial charge < -0.3 is 0 Å². The van der Waals surface area contributed by atoms with Gasteiger partial charge in [0.25, 0.3) is 0 Å². The predicted octanol–water partition coefficient (Wildman–Crippen LogP) is 3.81. The van der Waals surface area contributed by atoms with Crippen LogP contribution in [0.4, 0.5) is 8.78 Å². The summed E-state index contributed by atoms with van der Waals surface area (Å²) in [6.45, 7) is 3.09. The van der Waals surface area contributed by atoms with Gasteiger partial charge in [-0.15, -0.1) is 0 Å². The Kier molecular flexibility index (Phi) is 3.24. The van der Waals surface area contributed by atoms with Gasteiger partial charge in [0.05, 0.1) is 0 Å². The minimum atomic E-state index is -0.989. The Morgan fingerprint density at radius 3 is 2.22 bits per heavy atom. The van der Waals surface area contributed by atoms with Crippen molar-refractivity contribution in [1.82, 2.24) is 0 Å². The van der Waals surface area contributed by atoms with Crippen LogP contribution in [0.1, 0.15) is 27.0 Å². The van der Waals surface area contributed by atoms with E-state index < -0.39 is 11.6 Å². The van der Waals surface area contributed by atoms with Gasteiger partial charge >= 0.3 is 0 Å². The maximum Gasteiger partial charge on any atom is 0.193 e. The Labute approximate surface area is 104 Å². The molecule has 2 aromatic carbocycles. The summed E-state index contributed by atoms with van der Waals surface area (Å²) < 4.78 is 26.7. The molecular formula is C15H12F2O. The van der Waals surface area contributed by atoms with E-state index in [1.807, 2.05) is 0 Å². The number of rotatable bonds is 2. The molecule has 0 radical (unpaired) electrons. The van der Waals surface area contributed by atoms with E-state index in [4.69, 9.17) is 0 Å². The molecule has 0 aliphatic carbocycles. The molecule has 2 rings (SSSR count). The Balaban J connectivity index is 2.56. The second-order valence-electron chi connectivity index (χ2n) is 4.17. The lowest BCUT2D eigenvalue weighted by atomic mass is 9.95. The first-order valence-electron chi connectivity index (χ1n) is 5.57. The summed E-state index contributed by atoms with van der Waals surface area (Å²) in [6.07, 6.45) is 0. The standard InChI is InChI=1S/C15H12F2O/c1-9-10(2)14(17)13(16)8-12(9)15(18)11-6-4-3-5-7-11/h3-8H,1-2H3. The highest BCUT2D eigenvalue weighted by molar-refractivity contribution is 6.10. The highest BCUT2D eigenvalue weighted by Crippen LogP contribution is 2.22. The summed E-state index contributed by atoms with van der Waals surface area (Å²) in [6, 6.07) is 9.52. The number of ketones is 1. The maximum atomic E-state index is 13.4. The lowest BCUT2D eigenvalue weighted by Crippen LogP contribution is -2.07. The van der Waals surface area contributed by atoms with Crippen LogP contribution in [-0.4, -0.2) is 5.78 Å². The van der Waals surface area contributed by atoms with Gasteiger partial charge in [-0.1, -0.05) is 30.3 Å². The molecule has 0 amide bonds. The van der Waals surface area contributed by atoms with Crippen LogP contribution in [0.3, 0.4) is 0 Å². The molecule has 0 atom stereocenters. The molecular weight excluding hydrogens is 234 g/mol. The Morgan fingerprint density at radius 2 is 1.61 bits per heavy atom. The Morgan fingerprint density at radius 1 is 1.00 bits per heavy atom. The van der Waals surface area contributed by atoms with E-state index >= 15 is 0 Å². The first-order chi connectivity index (χ1) is 8.52. The molecule has 0 aliphatic heterocycles. The normalized spacial score (nSPS) is 10.4. The molecule has 1 nitrogen and oxygen atoms in total. The van der Waals surface area contributed by atoms with E-state index in [9.17, 15) is 13.6 Å². The minimum absolute atomic E-state index is 0.175. The molecule has 0 spiro atoms. The van der Waals surface area contributed by atoms with Crippen LogP contribution in [0, 0.1) is 25.5 Å². The molecule has 0 fully saturated rings. The van der Waals surface area contributed by atoms with Crippen molar-refractivity contribution in [2.45, 2.75) is 13.8 Å². The number of hydrogen-bond donors (Lipinski definition) is 0. The van der Waals surface area contributed by atoms with Crippen molar-refractivity contribution in [3.63, 3.8) is 0 Å². The Bertz CT molecular complexity index is 604. The first kappa shape index (κ1) is 12.4. The zero-order valence-corrected chi connectivity index (χ0v) is 10.1. The van der Waals surface area contributed by atoms with Crippen LogP contribution >= 0.6 is 0 Å². The summed E-state index contributed by atoms with van der Waals surface area (Å²) in [5.41, 5.74) is 1.32. The molecule has 0 heterocycles. The smallest absolute Gasteiger partial charge is 0.193 e. The van der Waals surface area contributed by atoms with Crippen molar-refractivity contribution < 1.29 is 13.6 Å². The monoisotopic (exact) mass is 246 g/mol. The fraction of sp³-hybridized carbons (Fsp3) is 0.133. The van der Waals surface area contributed by atoms with Gasteiger partial charge in [0, 0.05) is 11.1 Å². The van der Waals surface area contributed by atoms with Crippen molar-refractivity contribution in [2.75, 3.05) is 0 Å². The quantitative estimate of drug-likeness (QED) is 0.736. The van der Waals surface area contributed by atoms with Crippen molar-refractivity contribution in [3.8, 4) is 0 Å². The van der Waals surface area contributed by atoms with E-state index in [-0.39, 0.29) is 16.9 Å². The van der Waals surface area contributed by atoms with Crippen LogP contribution in [-0.2, 0) is 0 Å². The highest BCUT2D eigenvalue weighted by Gasteiger charge is 2.18. The van der Waals surface area contributed by atoms with Crippen molar-refractivity contribution in [2.24, 2.45) is 0 Å². The molecule has 3 heteroatoms. The van der Waals surface area contributed by atoms with Gasteiger partial charge in [0.1, 0.15) is 0 Å². The third-order valence-electron chi connectivity index (χ3n) is 3.06. The molecule has 0 aliphatic rings. The molecule has 0 unspecified atom stereocenters. The van der Waals surface area contributed by atoms with Crippen LogP contribution < -0.4 is 0 Å². The predicted molar refractivity (Wildman–Crippen MR) is 65.7 cm³/mol. The van der Waals surface area contributed by atoms with Gasteiger partial charge in [-0.3, -0.25) is 4.79 Å². The summed E-state index contributed by atoms with van der Waals surface area (Å²) in [5, 5.41) is 0. The van der Waals surface area contributed by atoms with E-state index in [1.165, 1.54) is 6.92 Å². The molecule has 0 N–H and O–H groups in total. The lowest BCUT2D eigenvalue weighted by molar-refractivity contribution is 0.103. The second kappa shape index (κ2) is 4.69. The molecule has 18 heavy (non-hydrogen) atoms. The lowest BCUT2D eigenvalue weighted by Gasteiger charge is -2.09. The van der Waals surface area contributed by atoms with Crippen molar-refractivity contribution >= 4 is 5.78 Å². The van der Waals surface area contributed by atoms with Crippen LogP contribution in [0.25, 0.3) is 0 Å². The Hall–Kier alpha value is -2.03. The van der Waals surface area contributed by atoms with Crippen molar-refractivity contribution in [1.29, 1.82) is 0 Å². The molecule has 0 bridgehead atoms. The third kappa shape index (κ3) is 2.04. The fourth-order valence-corrected chi connectivity index (χ4v) is 1.82. The van der Waals surface area contributed by atoms with Gasteiger partial charge in [-0.25, -0.2) is 8.78 Å². The molecule has 0 saturated heterocycles. The fourth-order valence-electron chi connectivity index (χ4n) is 1.82. The zero-order valence-electron chi connectivity index (χ0n) is 10.1. The third-order valence-corrected chi connectivity index (χ3v) is 3.06. The number of carbonyl (C=O) groups is 1. The van der Waals surface area contributed by atoms with E-state index in [1.54, 1.807) is 37.3 Å². The average Bonchev–Trinajstić information content (AvgIpc) is 2.41. The zero-order chi connectivity index (χ0) is 13.3. The van der Waals surface area contributed by atoms with Gasteiger partial charge in [0.2, 0.25) is 0 Å². The molecule has 0 aromatic heterocycles. The average molecular weight is 246 g/mol. The number of hydrogen-bond acceptors (Lipinski definition) is 1. The summed E-state index contributed by atoms with van der Waals surface area (Å²) in [4.78, 5) is 12.2. The van der Waals surface area contributed by atoms with Gasteiger partial charge in [-0.2, -0.15) is 0 Å². The summed E-state index contributed by atoms with van der Waals surface area (Å²) in [5.74, 6) is -2.18. The summed E-state index contributed by atoms with van der Waals surface area (Å²) >= 11 is 0. The number of halogens is 2. The van der Waals surface area contributed by atoms with E-state index in [0.29, 0.717) is 11.1 Å². The van der Waals surface area contributed by atoms with Crippen LogP contribution in [0.5, 0.6) is 0 Å². The van der Waals surface area contributed by atoms with Gasteiger partial charge in [0.15, 0.2) is 17.4 Å². The topological polar surface area (TPSA) is 17.1 Å². The SMILES string of the molecule is Cc1c(C(=O)c2ccccc2)cc(F)c(F)c1C. The van der Waals surface area contributed by atoms with E-state index in [2.05, 4.69) is 0 Å². The van der Waals surface area contributed by atoms with Crippen LogP contribution in [0.15, 0.2) is 36.4 Å². The van der Waals surface area contributed by atoms with Crippen molar-refractivity contribution in [3.05, 3.63) is 70.3 Å². The highest BCUT2D eigenvalue weighted by atomic mass is 19.2. The van der Waals surface area contributed by atoms with E-state index in [0.717, 1.165) is 6.07 Å². The van der Waals surface area contributed by atoms with Gasteiger partial charge in [-0.05, 0) is 31.0 Å². The number of benzene rings is 2. The molecule has 0 saturated carbocycles. The van der Waals surface area contributed by atoms with Crippen LogP contribution in [0.2, 0.25) is 0 Å². The second-order valence-corrected chi connectivity index (χ2v) is 4.17. The molecule has 92 valence electrons. The largest absolute Gasteiger partial charge is 0.289 e. The molecule has 2 aromatic rings. The maximum absolute atomic E-state index is 13.4. The minimum Gasteiger partial charge on any atom is -0.289 e. The number of carbonyl (C=O) groups excluding carboxylic acids is 1.